The lowest BCUT2D eigenvalue weighted by molar-refractivity contribution is 0.422. The predicted molar refractivity (Wildman–Crippen MR) is 90.0 cm³/mol. The van der Waals surface area contributed by atoms with Gasteiger partial charge in [-0.05, 0) is 33.9 Å². The normalized spacial score (nSPS) is 13.8. The summed E-state index contributed by atoms with van der Waals surface area (Å²) in [5.74, 6) is 0.423. The zero-order valence-corrected chi connectivity index (χ0v) is 14.7. The molecule has 1 aromatic rings. The maximum Gasteiger partial charge on any atom is 0.123 e. The molecule has 1 aromatic carbocycles. The summed E-state index contributed by atoms with van der Waals surface area (Å²) in [6.45, 7) is 14.8. The van der Waals surface area contributed by atoms with Crippen LogP contribution in [-0.2, 0) is 10.8 Å². The number of hydrogen-bond donors (Lipinski definition) is 2. The lowest BCUT2D eigenvalue weighted by Gasteiger charge is -2.29. The Labute approximate surface area is 130 Å². The van der Waals surface area contributed by atoms with Gasteiger partial charge in [0, 0.05) is 6.04 Å². The Morgan fingerprint density at radius 3 is 1.60 bits per heavy atom. The second kappa shape index (κ2) is 6.36. The number of hydrogen-bond acceptors (Lipinski definition) is 2. The molecule has 0 unspecified atom stereocenters. The lowest BCUT2D eigenvalue weighted by Crippen LogP contribution is -2.20. The van der Waals surface area contributed by atoms with Gasteiger partial charge in [-0.2, -0.15) is 0 Å². The van der Waals surface area contributed by atoms with Crippen molar-refractivity contribution in [2.45, 2.75) is 71.8 Å². The number of aromatic hydroxyl groups is 1. The second-order valence-electron chi connectivity index (χ2n) is 7.48. The van der Waals surface area contributed by atoms with Gasteiger partial charge in [0.2, 0.25) is 0 Å². The minimum atomic E-state index is -0.0897. The van der Waals surface area contributed by atoms with Gasteiger partial charge in [-0.1, -0.05) is 60.6 Å². The first kappa shape index (κ1) is 19.3. The molecule has 0 saturated heterocycles. The molecule has 0 spiro atoms. The highest BCUT2D eigenvalue weighted by molar-refractivity contribution is 5.85. The summed E-state index contributed by atoms with van der Waals surface area (Å²) in [7, 11) is 0. The molecule has 0 radical (unpaired) electrons. The molecule has 0 aliphatic rings. The predicted octanol–water partition coefficient (Wildman–Crippen LogP) is 4.82. The highest BCUT2D eigenvalue weighted by atomic mass is 35.5. The molecule has 116 valence electrons. The molecule has 3 N–H and O–H groups in total. The van der Waals surface area contributed by atoms with E-state index in [4.69, 9.17) is 5.73 Å². The Hall–Kier alpha value is -0.730. The molecule has 1 rings (SSSR count). The van der Waals surface area contributed by atoms with E-state index >= 15 is 0 Å². The van der Waals surface area contributed by atoms with Gasteiger partial charge in [-0.25, -0.2) is 0 Å². The van der Waals surface area contributed by atoms with Crippen LogP contribution in [-0.4, -0.2) is 5.11 Å². The van der Waals surface area contributed by atoms with Crippen LogP contribution in [0.25, 0.3) is 0 Å². The van der Waals surface area contributed by atoms with Crippen molar-refractivity contribution in [2.24, 2.45) is 5.73 Å². The molecule has 0 amide bonds. The molecule has 1 atom stereocenters. The first-order valence-electron chi connectivity index (χ1n) is 7.12. The number of rotatable bonds is 2. The SMILES string of the molecule is CC[C@H](N)c1cc(C(C)(C)C)c(O)c(C(C)(C)C)c1.Cl. The summed E-state index contributed by atoms with van der Waals surface area (Å²) in [5, 5.41) is 10.6. The van der Waals surface area contributed by atoms with Crippen LogP contribution in [0.15, 0.2) is 12.1 Å². The number of phenols is 1. The summed E-state index contributed by atoms with van der Waals surface area (Å²) in [6.07, 6.45) is 0.901. The van der Waals surface area contributed by atoms with Crippen molar-refractivity contribution in [3.8, 4) is 5.75 Å². The topological polar surface area (TPSA) is 46.2 Å². The lowest BCUT2D eigenvalue weighted by atomic mass is 9.77. The Morgan fingerprint density at radius 1 is 1.00 bits per heavy atom. The van der Waals surface area contributed by atoms with Crippen LogP contribution in [0.3, 0.4) is 0 Å². The van der Waals surface area contributed by atoms with Crippen molar-refractivity contribution in [3.63, 3.8) is 0 Å². The van der Waals surface area contributed by atoms with E-state index in [1.807, 2.05) is 0 Å². The fourth-order valence-corrected chi connectivity index (χ4v) is 2.25. The summed E-state index contributed by atoms with van der Waals surface area (Å²) in [5.41, 5.74) is 9.10. The van der Waals surface area contributed by atoms with E-state index in [9.17, 15) is 5.11 Å². The third-order valence-electron chi connectivity index (χ3n) is 3.62. The number of phenolic OH excluding ortho intramolecular Hbond substituents is 1. The standard InChI is InChI=1S/C17H29NO.ClH/c1-8-14(18)11-9-12(16(2,3)4)15(19)13(10-11)17(5,6)7;/h9-10,14,19H,8,18H2,1-7H3;1H/t14-;/m0./s1. The molecule has 0 aromatic heterocycles. The van der Waals surface area contributed by atoms with Crippen molar-refractivity contribution < 1.29 is 5.11 Å². The number of nitrogens with two attached hydrogens (primary N) is 1. The molecule has 0 heterocycles. The van der Waals surface area contributed by atoms with Crippen molar-refractivity contribution in [1.29, 1.82) is 0 Å². The van der Waals surface area contributed by atoms with Gasteiger partial charge in [0.15, 0.2) is 0 Å². The summed E-state index contributed by atoms with van der Waals surface area (Å²) >= 11 is 0. The Balaban J connectivity index is 0.00000361. The third-order valence-corrected chi connectivity index (χ3v) is 3.62. The van der Waals surface area contributed by atoms with E-state index in [-0.39, 0.29) is 29.3 Å². The fourth-order valence-electron chi connectivity index (χ4n) is 2.25. The van der Waals surface area contributed by atoms with Crippen LogP contribution in [0.1, 0.15) is 77.6 Å². The van der Waals surface area contributed by atoms with E-state index in [1.165, 1.54) is 0 Å². The van der Waals surface area contributed by atoms with Crippen LogP contribution in [0.2, 0.25) is 0 Å². The van der Waals surface area contributed by atoms with Gasteiger partial charge < -0.3 is 10.8 Å². The largest absolute Gasteiger partial charge is 0.507 e. The molecule has 0 fully saturated rings. The van der Waals surface area contributed by atoms with Crippen LogP contribution in [0.5, 0.6) is 5.75 Å². The zero-order chi connectivity index (χ0) is 15.0. The molecule has 2 nitrogen and oxygen atoms in total. The molecule has 0 aliphatic carbocycles. The molecule has 0 saturated carbocycles. The summed E-state index contributed by atoms with van der Waals surface area (Å²) in [4.78, 5) is 0. The van der Waals surface area contributed by atoms with Gasteiger partial charge in [-0.3, -0.25) is 0 Å². The first-order chi connectivity index (χ1) is 8.48. The second-order valence-corrected chi connectivity index (χ2v) is 7.48. The average molecular weight is 300 g/mol. The van der Waals surface area contributed by atoms with E-state index in [2.05, 4.69) is 60.6 Å². The monoisotopic (exact) mass is 299 g/mol. The van der Waals surface area contributed by atoms with Crippen LogP contribution in [0.4, 0.5) is 0 Å². The van der Waals surface area contributed by atoms with Crippen LogP contribution < -0.4 is 5.73 Å². The minimum absolute atomic E-state index is 0. The first-order valence-corrected chi connectivity index (χ1v) is 7.12. The summed E-state index contributed by atoms with van der Waals surface area (Å²) in [6, 6.07) is 4.17. The zero-order valence-electron chi connectivity index (χ0n) is 13.9. The Morgan fingerprint density at radius 2 is 1.35 bits per heavy atom. The highest BCUT2D eigenvalue weighted by Gasteiger charge is 2.27. The quantitative estimate of drug-likeness (QED) is 0.822. The maximum atomic E-state index is 10.6. The van der Waals surface area contributed by atoms with Crippen LogP contribution >= 0.6 is 12.4 Å². The van der Waals surface area contributed by atoms with E-state index < -0.39 is 0 Å². The third kappa shape index (κ3) is 4.13. The van der Waals surface area contributed by atoms with Gasteiger partial charge in [0.25, 0.3) is 0 Å². The van der Waals surface area contributed by atoms with Crippen LogP contribution in [0, 0.1) is 0 Å². The van der Waals surface area contributed by atoms with Crippen molar-refractivity contribution in [2.75, 3.05) is 0 Å². The fraction of sp³-hybridized carbons (Fsp3) is 0.647. The molecule has 0 aliphatic heterocycles. The van der Waals surface area contributed by atoms with Gasteiger partial charge in [0.05, 0.1) is 0 Å². The summed E-state index contributed by atoms with van der Waals surface area (Å²) < 4.78 is 0. The van der Waals surface area contributed by atoms with Gasteiger partial charge in [0.1, 0.15) is 5.75 Å². The van der Waals surface area contributed by atoms with Gasteiger partial charge in [-0.15, -0.1) is 12.4 Å². The Bertz CT molecular complexity index is 420. The van der Waals surface area contributed by atoms with Crippen molar-refractivity contribution in [1.82, 2.24) is 0 Å². The molecule has 3 heteroatoms. The van der Waals surface area contributed by atoms with E-state index in [0.717, 1.165) is 23.1 Å². The highest BCUT2D eigenvalue weighted by Crippen LogP contribution is 2.40. The van der Waals surface area contributed by atoms with Gasteiger partial charge >= 0.3 is 0 Å². The molecule has 20 heavy (non-hydrogen) atoms. The number of halogens is 1. The van der Waals surface area contributed by atoms with Crippen molar-refractivity contribution >= 4 is 12.4 Å². The average Bonchev–Trinajstić information content (AvgIpc) is 2.25. The van der Waals surface area contributed by atoms with E-state index in [0.29, 0.717) is 5.75 Å². The molecular formula is C17H30ClNO. The molecule has 0 bridgehead atoms. The minimum Gasteiger partial charge on any atom is -0.507 e. The smallest absolute Gasteiger partial charge is 0.123 e. The maximum absolute atomic E-state index is 10.6. The van der Waals surface area contributed by atoms with E-state index in [1.54, 1.807) is 0 Å². The van der Waals surface area contributed by atoms with Crippen molar-refractivity contribution in [3.05, 3.63) is 28.8 Å². The number of benzene rings is 1. The Kier molecular flexibility index (Phi) is 6.13. The molecular weight excluding hydrogens is 270 g/mol.